The molecule has 48 heavy (non-hydrogen) atoms. The SMILES string of the molecule is CC1=C(/C=C/C(C)=C/C=C/C(C)=C/C=C/C=C(C)/C=C/C=C(C)/C=C/C=C(\C)C(=O)O[C@H]2O[C@@H](CO)[C@H](O)[C@@H](O)[C@@H]2O)C(C)(C)CCC1. The third-order valence-electron chi connectivity index (χ3n) is 8.42. The molecule has 0 aromatic heterocycles. The molecule has 7 heteroatoms. The van der Waals surface area contributed by atoms with Crippen LogP contribution < -0.4 is 0 Å². The maximum atomic E-state index is 12.4. The van der Waals surface area contributed by atoms with Gasteiger partial charge in [-0.25, -0.2) is 4.79 Å². The third-order valence-corrected chi connectivity index (χ3v) is 8.42. The van der Waals surface area contributed by atoms with Crippen molar-refractivity contribution in [2.24, 2.45) is 5.41 Å². The molecule has 1 aliphatic heterocycles. The van der Waals surface area contributed by atoms with E-state index in [0.717, 1.165) is 16.7 Å². The Labute approximate surface area is 287 Å². The van der Waals surface area contributed by atoms with Crippen LogP contribution in [0.25, 0.3) is 0 Å². The minimum absolute atomic E-state index is 0.239. The van der Waals surface area contributed by atoms with Crippen molar-refractivity contribution in [3.05, 3.63) is 130 Å². The third kappa shape index (κ3) is 13.5. The number of carbonyl (C=O) groups excluding carboxylic acids is 1. The summed E-state index contributed by atoms with van der Waals surface area (Å²) in [6.45, 7) is 16.1. The molecule has 0 radical (unpaired) electrons. The molecule has 0 unspecified atom stereocenters. The normalized spacial score (nSPS) is 27.1. The van der Waals surface area contributed by atoms with Crippen molar-refractivity contribution < 1.29 is 34.7 Å². The van der Waals surface area contributed by atoms with Gasteiger partial charge in [0.15, 0.2) is 0 Å². The summed E-state index contributed by atoms with van der Waals surface area (Å²) in [5.41, 5.74) is 7.91. The van der Waals surface area contributed by atoms with E-state index in [0.29, 0.717) is 0 Å². The van der Waals surface area contributed by atoms with Crippen molar-refractivity contribution in [2.45, 2.75) is 105 Å². The highest BCUT2D eigenvalue weighted by Gasteiger charge is 2.45. The van der Waals surface area contributed by atoms with Crippen LogP contribution in [0.2, 0.25) is 0 Å². The molecule has 4 N–H and O–H groups in total. The Morgan fingerprint density at radius 3 is 1.79 bits per heavy atom. The first-order chi connectivity index (χ1) is 22.7. The maximum absolute atomic E-state index is 12.4. The molecular formula is C41H56O7. The zero-order valence-corrected chi connectivity index (χ0v) is 29.9. The molecule has 0 amide bonds. The van der Waals surface area contributed by atoms with Gasteiger partial charge >= 0.3 is 5.97 Å². The van der Waals surface area contributed by atoms with Crippen LogP contribution in [-0.4, -0.2) is 63.7 Å². The van der Waals surface area contributed by atoms with Gasteiger partial charge in [0.25, 0.3) is 0 Å². The van der Waals surface area contributed by atoms with Crippen LogP contribution in [0.5, 0.6) is 0 Å². The molecule has 1 fully saturated rings. The summed E-state index contributed by atoms with van der Waals surface area (Å²) in [5, 5.41) is 39.0. The number of hydrogen-bond acceptors (Lipinski definition) is 7. The smallest absolute Gasteiger partial charge is 0.336 e. The fraction of sp³-hybridized carbons (Fsp3) is 0.439. The van der Waals surface area contributed by atoms with Crippen molar-refractivity contribution in [3.63, 3.8) is 0 Å². The number of hydrogen-bond donors (Lipinski definition) is 4. The second-order valence-electron chi connectivity index (χ2n) is 13.3. The van der Waals surface area contributed by atoms with E-state index < -0.39 is 43.3 Å². The highest BCUT2D eigenvalue weighted by Crippen LogP contribution is 2.40. The second-order valence-corrected chi connectivity index (χ2v) is 13.3. The summed E-state index contributed by atoms with van der Waals surface area (Å²) >= 11 is 0. The maximum Gasteiger partial charge on any atom is 0.336 e. The van der Waals surface area contributed by atoms with E-state index in [4.69, 9.17) is 9.47 Å². The van der Waals surface area contributed by atoms with E-state index in [1.807, 2.05) is 56.4 Å². The van der Waals surface area contributed by atoms with Gasteiger partial charge in [0.05, 0.1) is 6.61 Å². The Balaban J connectivity index is 1.85. The van der Waals surface area contributed by atoms with E-state index in [1.54, 1.807) is 19.1 Å². The van der Waals surface area contributed by atoms with E-state index in [9.17, 15) is 25.2 Å². The van der Waals surface area contributed by atoms with Gasteiger partial charge in [0.2, 0.25) is 6.29 Å². The minimum atomic E-state index is -1.64. The van der Waals surface area contributed by atoms with Crippen LogP contribution in [0.15, 0.2) is 130 Å². The van der Waals surface area contributed by atoms with Gasteiger partial charge in [0.1, 0.15) is 24.4 Å². The highest BCUT2D eigenvalue weighted by molar-refractivity contribution is 5.88. The Hall–Kier alpha value is -3.59. The highest BCUT2D eigenvalue weighted by atomic mass is 16.7. The van der Waals surface area contributed by atoms with Gasteiger partial charge < -0.3 is 29.9 Å². The van der Waals surface area contributed by atoms with Crippen molar-refractivity contribution in [1.29, 1.82) is 0 Å². The predicted octanol–water partition coefficient (Wildman–Crippen LogP) is 7.37. The van der Waals surface area contributed by atoms with Gasteiger partial charge in [-0.2, -0.15) is 0 Å². The Morgan fingerprint density at radius 1 is 0.771 bits per heavy atom. The average molecular weight is 661 g/mol. The number of allylic oxidation sites excluding steroid dienone is 21. The molecule has 1 aliphatic carbocycles. The first-order valence-corrected chi connectivity index (χ1v) is 16.6. The van der Waals surface area contributed by atoms with Crippen molar-refractivity contribution in [3.8, 4) is 0 Å². The molecule has 0 saturated carbocycles. The van der Waals surface area contributed by atoms with Crippen molar-refractivity contribution in [2.75, 3.05) is 6.61 Å². The number of rotatable bonds is 13. The largest absolute Gasteiger partial charge is 0.429 e. The summed E-state index contributed by atoms with van der Waals surface area (Å²) in [6.07, 6.45) is 26.3. The summed E-state index contributed by atoms with van der Waals surface area (Å²) in [5.74, 6) is -0.762. The zero-order chi connectivity index (χ0) is 35.9. The molecule has 7 nitrogen and oxygen atoms in total. The van der Waals surface area contributed by atoms with E-state index in [-0.39, 0.29) is 11.0 Å². The number of ether oxygens (including phenoxy) is 2. The minimum Gasteiger partial charge on any atom is -0.429 e. The second kappa shape index (κ2) is 20.0. The number of esters is 1. The quantitative estimate of drug-likeness (QED) is 0.0926. The van der Waals surface area contributed by atoms with Crippen LogP contribution in [0.3, 0.4) is 0 Å². The van der Waals surface area contributed by atoms with Crippen LogP contribution in [0.4, 0.5) is 0 Å². The molecule has 262 valence electrons. The molecule has 0 aromatic carbocycles. The molecule has 5 atom stereocenters. The molecule has 0 bridgehead atoms. The molecule has 2 rings (SSSR count). The summed E-state index contributed by atoms with van der Waals surface area (Å²) in [4.78, 5) is 12.4. The number of aliphatic hydroxyl groups excluding tert-OH is 4. The van der Waals surface area contributed by atoms with E-state index in [1.165, 1.54) is 36.0 Å². The Kier molecular flexibility index (Phi) is 16.9. The summed E-state index contributed by atoms with van der Waals surface area (Å²) in [6, 6.07) is 0. The Morgan fingerprint density at radius 2 is 1.27 bits per heavy atom. The molecule has 1 heterocycles. The predicted molar refractivity (Wildman–Crippen MR) is 195 cm³/mol. The van der Waals surface area contributed by atoms with E-state index >= 15 is 0 Å². The molecule has 1 saturated heterocycles. The molecule has 0 aromatic rings. The monoisotopic (exact) mass is 660 g/mol. The molecule has 2 aliphatic rings. The van der Waals surface area contributed by atoms with E-state index in [2.05, 4.69) is 71.1 Å². The summed E-state index contributed by atoms with van der Waals surface area (Å²) in [7, 11) is 0. The van der Waals surface area contributed by atoms with Crippen molar-refractivity contribution in [1.82, 2.24) is 0 Å². The molecule has 0 spiro atoms. The van der Waals surface area contributed by atoms with Crippen molar-refractivity contribution >= 4 is 5.97 Å². The lowest BCUT2D eigenvalue weighted by molar-refractivity contribution is -0.291. The van der Waals surface area contributed by atoms with Crippen LogP contribution in [0, 0.1) is 5.41 Å². The van der Waals surface area contributed by atoms with Gasteiger partial charge in [-0.05, 0) is 71.8 Å². The van der Waals surface area contributed by atoms with Crippen LogP contribution in [0.1, 0.15) is 74.7 Å². The van der Waals surface area contributed by atoms with Crippen LogP contribution in [-0.2, 0) is 14.3 Å². The van der Waals surface area contributed by atoms with Gasteiger partial charge in [-0.1, -0.05) is 133 Å². The average Bonchev–Trinajstić information content (AvgIpc) is 3.02. The first kappa shape index (κ1) is 40.6. The zero-order valence-electron chi connectivity index (χ0n) is 29.9. The topological polar surface area (TPSA) is 116 Å². The lowest BCUT2D eigenvalue weighted by Gasteiger charge is -2.39. The van der Waals surface area contributed by atoms with Crippen LogP contribution >= 0.6 is 0 Å². The number of carbonyl (C=O) groups is 1. The lowest BCUT2D eigenvalue weighted by atomic mass is 9.72. The lowest BCUT2D eigenvalue weighted by Crippen LogP contribution is -2.59. The van der Waals surface area contributed by atoms with Gasteiger partial charge in [0, 0.05) is 5.57 Å². The van der Waals surface area contributed by atoms with Gasteiger partial charge in [-0.15, -0.1) is 0 Å². The fourth-order valence-electron chi connectivity index (χ4n) is 5.34. The fourth-order valence-corrected chi connectivity index (χ4v) is 5.34. The number of aliphatic hydroxyl groups is 4. The standard InChI is InChI=1S/C41H56O7/c1-28(15-9-10-16-29(2)18-12-20-31(4)24-25-34-32(5)23-14-26-41(34,7)8)17-11-19-30(3)21-13-22-33(6)39(46)48-40-38(45)37(44)36(43)35(27-42)47-40/h9-13,15-22,24-25,35-38,40,42-45H,14,23,26-27H2,1-8H3/b10-9+,17-11+,18-12+,21-13+,25-24+,28-15+,29-16+,30-19+,31-20+,33-22+/t35-,36-,37+,38-,40+/m0/s1. The molecular weight excluding hydrogens is 604 g/mol. The van der Waals surface area contributed by atoms with Gasteiger partial charge in [-0.3, -0.25) is 0 Å². The first-order valence-electron chi connectivity index (χ1n) is 16.6. The summed E-state index contributed by atoms with van der Waals surface area (Å²) < 4.78 is 10.3. The Bertz CT molecular complexity index is 1440.